The van der Waals surface area contributed by atoms with E-state index in [0.717, 1.165) is 31.4 Å². The monoisotopic (exact) mass is 481 g/mol. The molecule has 1 aliphatic heterocycles. The summed E-state index contributed by atoms with van der Waals surface area (Å²) in [5.41, 5.74) is 1.03. The Morgan fingerprint density at radius 3 is 2.26 bits per heavy atom. The van der Waals surface area contributed by atoms with Crippen LogP contribution in [0.3, 0.4) is 0 Å². The number of sulfonamides is 1. The maximum absolute atomic E-state index is 13.3. The van der Waals surface area contributed by atoms with E-state index in [1.807, 2.05) is 24.3 Å². The number of nitrogens with one attached hydrogen (secondary N) is 1. The normalized spacial score (nSPS) is 19.2. The number of nitrogens with zero attached hydrogens (tertiary/aromatic N) is 2. The van der Waals surface area contributed by atoms with Gasteiger partial charge in [0.05, 0.1) is 0 Å². The summed E-state index contributed by atoms with van der Waals surface area (Å²) in [5, 5.41) is 5.45. The van der Waals surface area contributed by atoms with Crippen LogP contribution in [0.15, 0.2) is 40.6 Å². The molecule has 1 saturated heterocycles. The van der Waals surface area contributed by atoms with Crippen LogP contribution in [-0.4, -0.2) is 50.9 Å². The molecule has 1 aromatic heterocycles. The lowest BCUT2D eigenvalue weighted by molar-refractivity contribution is 0.0934. The molecule has 1 saturated carbocycles. The Hall–Kier alpha value is -1.61. The van der Waals surface area contributed by atoms with E-state index in [1.165, 1.54) is 28.5 Å². The van der Waals surface area contributed by atoms with Crippen molar-refractivity contribution < 1.29 is 13.2 Å². The molecule has 2 fully saturated rings. The zero-order valence-corrected chi connectivity index (χ0v) is 19.8. The van der Waals surface area contributed by atoms with Gasteiger partial charge in [-0.2, -0.15) is 4.31 Å². The predicted molar refractivity (Wildman–Crippen MR) is 126 cm³/mol. The lowest BCUT2D eigenvalue weighted by Gasteiger charge is -2.35. The fourth-order valence-electron chi connectivity index (χ4n) is 4.32. The minimum atomic E-state index is -3.72. The molecule has 1 aliphatic carbocycles. The van der Waals surface area contributed by atoms with Gasteiger partial charge < -0.3 is 10.2 Å². The van der Waals surface area contributed by atoms with Gasteiger partial charge in [-0.3, -0.25) is 4.79 Å². The second-order valence-corrected chi connectivity index (χ2v) is 11.4. The Morgan fingerprint density at radius 1 is 0.968 bits per heavy atom. The number of carbonyl (C=O) groups excluding carboxylic acids is 1. The summed E-state index contributed by atoms with van der Waals surface area (Å²) in [5.74, 6) is -0.264. The number of thiophene rings is 1. The minimum absolute atomic E-state index is 0.128. The molecule has 6 nitrogen and oxygen atoms in total. The molecule has 1 aromatic carbocycles. The molecule has 4 rings (SSSR count). The van der Waals surface area contributed by atoms with Crippen LogP contribution in [0.1, 0.15) is 48.2 Å². The number of hydrogen-bond acceptors (Lipinski definition) is 5. The van der Waals surface area contributed by atoms with Crippen molar-refractivity contribution in [3.63, 3.8) is 0 Å². The maximum atomic E-state index is 13.3. The lowest BCUT2D eigenvalue weighted by Crippen LogP contribution is -2.49. The van der Waals surface area contributed by atoms with Crippen molar-refractivity contribution in [1.29, 1.82) is 0 Å². The van der Waals surface area contributed by atoms with Crippen LogP contribution in [0, 0.1) is 0 Å². The maximum Gasteiger partial charge on any atom is 0.262 e. The molecule has 9 heteroatoms. The first-order chi connectivity index (χ1) is 14.9. The third-order valence-corrected chi connectivity index (χ3v) is 9.31. The van der Waals surface area contributed by atoms with Crippen LogP contribution in [0.5, 0.6) is 0 Å². The first kappa shape index (κ1) is 22.6. The average Bonchev–Trinajstić information content (AvgIpc) is 3.15. The summed E-state index contributed by atoms with van der Waals surface area (Å²) in [6, 6.07) is 9.27. The largest absolute Gasteiger partial charge is 0.369 e. The van der Waals surface area contributed by atoms with Crippen molar-refractivity contribution in [1.82, 2.24) is 9.62 Å². The van der Waals surface area contributed by atoms with Crippen LogP contribution >= 0.6 is 22.9 Å². The van der Waals surface area contributed by atoms with Crippen molar-refractivity contribution in [2.75, 3.05) is 31.1 Å². The Kier molecular flexibility index (Phi) is 7.21. The number of piperazine rings is 1. The van der Waals surface area contributed by atoms with E-state index in [1.54, 1.807) is 11.4 Å². The van der Waals surface area contributed by atoms with Gasteiger partial charge in [-0.25, -0.2) is 8.42 Å². The van der Waals surface area contributed by atoms with Gasteiger partial charge >= 0.3 is 0 Å². The molecular formula is C22H28ClN3O3S2. The Labute approximate surface area is 193 Å². The van der Waals surface area contributed by atoms with Gasteiger partial charge in [-0.1, -0.05) is 37.3 Å². The molecule has 0 bridgehead atoms. The van der Waals surface area contributed by atoms with E-state index in [2.05, 4.69) is 10.2 Å². The average molecular weight is 482 g/mol. The second kappa shape index (κ2) is 9.90. The lowest BCUT2D eigenvalue weighted by atomic mass is 10.1. The summed E-state index contributed by atoms with van der Waals surface area (Å²) in [6.07, 6.45) is 6.55. The molecule has 31 heavy (non-hydrogen) atoms. The van der Waals surface area contributed by atoms with Gasteiger partial charge in [0.2, 0.25) is 10.0 Å². The first-order valence-corrected chi connectivity index (χ1v) is 13.5. The number of amides is 1. The highest BCUT2D eigenvalue weighted by molar-refractivity contribution is 7.89. The third kappa shape index (κ3) is 5.25. The zero-order valence-electron chi connectivity index (χ0n) is 17.4. The SMILES string of the molecule is O=C(NC1CCCCCC1)c1sccc1S(=O)(=O)N1CCN(c2ccc(Cl)cc2)CC1. The van der Waals surface area contributed by atoms with Crippen molar-refractivity contribution in [3.8, 4) is 0 Å². The minimum Gasteiger partial charge on any atom is -0.369 e. The van der Waals surface area contributed by atoms with Gasteiger partial charge in [-0.15, -0.1) is 11.3 Å². The molecule has 1 N–H and O–H groups in total. The number of benzene rings is 1. The van der Waals surface area contributed by atoms with Gasteiger partial charge in [0.15, 0.2) is 0 Å². The second-order valence-electron chi connectivity index (χ2n) is 8.14. The number of carbonyl (C=O) groups is 1. The van der Waals surface area contributed by atoms with Crippen molar-refractivity contribution in [3.05, 3.63) is 45.6 Å². The summed E-state index contributed by atoms with van der Waals surface area (Å²) < 4.78 is 28.1. The smallest absolute Gasteiger partial charge is 0.262 e. The predicted octanol–water partition coefficient (Wildman–Crippen LogP) is 4.37. The van der Waals surface area contributed by atoms with E-state index >= 15 is 0 Å². The third-order valence-electron chi connectivity index (χ3n) is 6.07. The molecule has 0 unspecified atom stereocenters. The van der Waals surface area contributed by atoms with E-state index in [-0.39, 0.29) is 16.8 Å². The Morgan fingerprint density at radius 2 is 1.61 bits per heavy atom. The molecule has 2 heterocycles. The van der Waals surface area contributed by atoms with Crippen molar-refractivity contribution in [2.24, 2.45) is 0 Å². The molecule has 1 amide bonds. The molecule has 0 atom stereocenters. The highest BCUT2D eigenvalue weighted by Gasteiger charge is 2.33. The number of rotatable bonds is 5. The van der Waals surface area contributed by atoms with Gasteiger partial charge in [0.1, 0.15) is 9.77 Å². The van der Waals surface area contributed by atoms with Crippen molar-refractivity contribution >= 4 is 44.6 Å². The highest BCUT2D eigenvalue weighted by atomic mass is 35.5. The van der Waals surface area contributed by atoms with Crippen LogP contribution in [-0.2, 0) is 10.0 Å². The Balaban J connectivity index is 1.43. The van der Waals surface area contributed by atoms with Crippen LogP contribution in [0.25, 0.3) is 0 Å². The zero-order chi connectivity index (χ0) is 21.8. The summed E-state index contributed by atoms with van der Waals surface area (Å²) in [6.45, 7) is 1.94. The highest BCUT2D eigenvalue weighted by Crippen LogP contribution is 2.28. The molecule has 2 aliphatic rings. The molecule has 0 spiro atoms. The standard InChI is InChI=1S/C22H28ClN3O3S2/c23-17-7-9-19(10-8-17)25-12-14-26(15-13-25)31(28,29)20-11-16-30-21(20)22(27)24-18-5-3-1-2-4-6-18/h7-11,16,18H,1-6,12-15H2,(H,24,27). The van der Waals surface area contributed by atoms with Crippen LogP contribution < -0.4 is 10.2 Å². The van der Waals surface area contributed by atoms with Gasteiger partial charge in [0, 0.05) is 42.9 Å². The van der Waals surface area contributed by atoms with E-state index in [4.69, 9.17) is 11.6 Å². The summed E-state index contributed by atoms with van der Waals surface area (Å²) in [4.78, 5) is 15.5. The number of anilines is 1. The molecule has 168 valence electrons. The topological polar surface area (TPSA) is 69.7 Å². The number of hydrogen-bond donors (Lipinski definition) is 1. The fourth-order valence-corrected chi connectivity index (χ4v) is 7.17. The summed E-state index contributed by atoms with van der Waals surface area (Å²) >= 11 is 7.16. The van der Waals surface area contributed by atoms with E-state index < -0.39 is 10.0 Å². The van der Waals surface area contributed by atoms with Crippen LogP contribution in [0.2, 0.25) is 5.02 Å². The van der Waals surface area contributed by atoms with E-state index in [9.17, 15) is 13.2 Å². The number of halogens is 1. The quantitative estimate of drug-likeness (QED) is 0.644. The molecular weight excluding hydrogens is 454 g/mol. The summed E-state index contributed by atoms with van der Waals surface area (Å²) in [7, 11) is -3.72. The van der Waals surface area contributed by atoms with Gasteiger partial charge in [0.25, 0.3) is 5.91 Å². The molecule has 0 radical (unpaired) electrons. The van der Waals surface area contributed by atoms with E-state index in [0.29, 0.717) is 36.1 Å². The van der Waals surface area contributed by atoms with Crippen molar-refractivity contribution in [2.45, 2.75) is 49.5 Å². The Bertz CT molecular complexity index is 991. The molecule has 2 aromatic rings. The first-order valence-electron chi connectivity index (χ1n) is 10.8. The van der Waals surface area contributed by atoms with Crippen LogP contribution in [0.4, 0.5) is 5.69 Å². The fraction of sp³-hybridized carbons (Fsp3) is 0.500. The van der Waals surface area contributed by atoms with Gasteiger partial charge in [-0.05, 0) is 48.6 Å².